The van der Waals surface area contributed by atoms with Gasteiger partial charge in [0.05, 0.1) is 0 Å². The first-order valence-corrected chi connectivity index (χ1v) is 9.70. The van der Waals surface area contributed by atoms with Crippen molar-refractivity contribution in [3.8, 4) is 0 Å². The third-order valence-electron chi connectivity index (χ3n) is 2.93. The maximum atomic E-state index is 5.84. The van der Waals surface area contributed by atoms with E-state index in [4.69, 9.17) is 13.3 Å². The van der Waals surface area contributed by atoms with Crippen LogP contribution in [0.15, 0.2) is 12.2 Å². The van der Waals surface area contributed by atoms with E-state index in [2.05, 4.69) is 19.1 Å². The molecule has 3 nitrogen and oxygen atoms in total. The Balaban J connectivity index is 3.96. The second-order valence-corrected chi connectivity index (χ2v) is 7.24. The summed E-state index contributed by atoms with van der Waals surface area (Å²) in [6.07, 6.45) is 10.5. The van der Waals surface area contributed by atoms with E-state index in [1.807, 2.05) is 20.8 Å². The van der Waals surface area contributed by atoms with Crippen LogP contribution in [0.3, 0.4) is 0 Å². The minimum absolute atomic E-state index is 0.674. The Morgan fingerprint density at radius 1 is 0.789 bits per heavy atom. The van der Waals surface area contributed by atoms with Gasteiger partial charge < -0.3 is 13.3 Å². The van der Waals surface area contributed by atoms with Crippen LogP contribution in [0.2, 0.25) is 6.04 Å². The molecule has 0 N–H and O–H groups in total. The Labute approximate surface area is 120 Å². The molecular formula is C15H32O3Si. The number of hydrogen-bond donors (Lipinski definition) is 0. The summed E-state index contributed by atoms with van der Waals surface area (Å²) in [6.45, 7) is 10.1. The monoisotopic (exact) mass is 288 g/mol. The molecule has 0 rings (SSSR count). The summed E-state index contributed by atoms with van der Waals surface area (Å²) in [5.74, 6) is 0. The van der Waals surface area contributed by atoms with Crippen LogP contribution >= 0.6 is 0 Å². The van der Waals surface area contributed by atoms with Gasteiger partial charge in [0.25, 0.3) is 0 Å². The van der Waals surface area contributed by atoms with Crippen molar-refractivity contribution in [3.63, 3.8) is 0 Å². The van der Waals surface area contributed by atoms with Crippen molar-refractivity contribution in [1.29, 1.82) is 0 Å². The molecule has 0 aromatic rings. The molecule has 0 aliphatic rings. The smallest absolute Gasteiger partial charge is 0.374 e. The van der Waals surface area contributed by atoms with Crippen molar-refractivity contribution in [2.24, 2.45) is 0 Å². The van der Waals surface area contributed by atoms with Gasteiger partial charge in [-0.15, -0.1) is 0 Å². The fourth-order valence-electron chi connectivity index (χ4n) is 2.13. The fraction of sp³-hybridized carbons (Fsp3) is 0.867. The largest absolute Gasteiger partial charge is 0.500 e. The molecule has 0 aliphatic heterocycles. The molecule has 0 saturated heterocycles. The van der Waals surface area contributed by atoms with Crippen LogP contribution in [0.4, 0.5) is 0 Å². The van der Waals surface area contributed by atoms with E-state index in [1.165, 1.54) is 25.7 Å². The third-order valence-corrected chi connectivity index (χ3v) is 6.08. The Bertz CT molecular complexity index is 202. The molecule has 0 aromatic carbocycles. The van der Waals surface area contributed by atoms with Gasteiger partial charge in [0.15, 0.2) is 0 Å². The van der Waals surface area contributed by atoms with E-state index in [0.717, 1.165) is 12.5 Å². The van der Waals surface area contributed by atoms with Gasteiger partial charge in [0.2, 0.25) is 0 Å². The van der Waals surface area contributed by atoms with Gasteiger partial charge in [0, 0.05) is 25.9 Å². The fourth-order valence-corrected chi connectivity index (χ4v) is 4.81. The van der Waals surface area contributed by atoms with Crippen LogP contribution in [0.1, 0.15) is 59.8 Å². The third kappa shape index (κ3) is 9.38. The van der Waals surface area contributed by atoms with E-state index >= 15 is 0 Å². The first-order chi connectivity index (χ1) is 9.24. The van der Waals surface area contributed by atoms with Gasteiger partial charge in [-0.05, 0) is 47.0 Å². The highest BCUT2D eigenvalue weighted by atomic mass is 28.4. The second-order valence-electron chi connectivity index (χ2n) is 4.50. The summed E-state index contributed by atoms with van der Waals surface area (Å²) in [7, 11) is -2.38. The van der Waals surface area contributed by atoms with Crippen molar-refractivity contribution >= 4 is 8.80 Å². The van der Waals surface area contributed by atoms with Crippen molar-refractivity contribution in [2.75, 3.05) is 19.8 Å². The number of allylic oxidation sites excluding steroid dienone is 2. The van der Waals surface area contributed by atoms with E-state index in [-0.39, 0.29) is 0 Å². The molecular weight excluding hydrogens is 256 g/mol. The summed E-state index contributed by atoms with van der Waals surface area (Å²) in [5, 5.41) is 0. The van der Waals surface area contributed by atoms with Crippen molar-refractivity contribution in [2.45, 2.75) is 65.8 Å². The number of hydrogen-bond acceptors (Lipinski definition) is 3. The molecule has 0 spiro atoms. The zero-order chi connectivity index (χ0) is 14.4. The molecule has 19 heavy (non-hydrogen) atoms. The molecule has 114 valence electrons. The molecule has 0 heterocycles. The van der Waals surface area contributed by atoms with E-state index in [0.29, 0.717) is 19.8 Å². The highest BCUT2D eigenvalue weighted by Crippen LogP contribution is 2.20. The molecule has 0 amide bonds. The quantitative estimate of drug-likeness (QED) is 0.282. The Hall–Kier alpha value is -0.163. The summed E-state index contributed by atoms with van der Waals surface area (Å²) >= 11 is 0. The predicted molar refractivity (Wildman–Crippen MR) is 83.3 cm³/mol. The predicted octanol–water partition coefficient (Wildman–Crippen LogP) is 4.56. The molecule has 0 radical (unpaired) electrons. The molecule has 4 heteroatoms. The number of rotatable bonds is 13. The van der Waals surface area contributed by atoms with E-state index in [9.17, 15) is 0 Å². The Kier molecular flexibility index (Phi) is 12.7. The standard InChI is InChI=1S/C15H32O3Si/c1-5-9-10-11-12-13-14-15-19(16-6-2,17-7-3)18-8-4/h5,9H,6-8,10-15H2,1-4H3. The normalized spacial score (nSPS) is 12.4. The molecule has 0 aliphatic carbocycles. The van der Waals surface area contributed by atoms with Crippen molar-refractivity contribution in [1.82, 2.24) is 0 Å². The molecule has 0 fully saturated rings. The molecule has 0 saturated carbocycles. The van der Waals surface area contributed by atoms with Crippen LogP contribution in [-0.2, 0) is 13.3 Å². The van der Waals surface area contributed by atoms with Gasteiger partial charge in [-0.1, -0.05) is 25.0 Å². The lowest BCUT2D eigenvalue weighted by atomic mass is 10.1. The molecule has 0 unspecified atom stereocenters. The first kappa shape index (κ1) is 18.8. The molecule has 0 bridgehead atoms. The maximum Gasteiger partial charge on any atom is 0.500 e. The average Bonchev–Trinajstić information content (AvgIpc) is 2.39. The highest BCUT2D eigenvalue weighted by Gasteiger charge is 2.39. The molecule has 0 aromatic heterocycles. The lowest BCUT2D eigenvalue weighted by molar-refractivity contribution is 0.0706. The lowest BCUT2D eigenvalue weighted by Crippen LogP contribution is -2.45. The van der Waals surface area contributed by atoms with Gasteiger partial charge in [-0.25, -0.2) is 0 Å². The summed E-state index contributed by atoms with van der Waals surface area (Å²) in [4.78, 5) is 0. The molecule has 0 atom stereocenters. The second kappa shape index (κ2) is 12.8. The SMILES string of the molecule is CC=CCCCCCC[Si](OCC)(OCC)OCC. The van der Waals surface area contributed by atoms with Gasteiger partial charge in [-0.2, -0.15) is 0 Å². The zero-order valence-electron chi connectivity index (χ0n) is 13.2. The van der Waals surface area contributed by atoms with Gasteiger partial charge in [0.1, 0.15) is 0 Å². The minimum atomic E-state index is -2.38. The van der Waals surface area contributed by atoms with Gasteiger partial charge >= 0.3 is 8.80 Å². The van der Waals surface area contributed by atoms with Crippen molar-refractivity contribution in [3.05, 3.63) is 12.2 Å². The minimum Gasteiger partial charge on any atom is -0.374 e. The van der Waals surface area contributed by atoms with Crippen LogP contribution < -0.4 is 0 Å². The van der Waals surface area contributed by atoms with E-state index in [1.54, 1.807) is 0 Å². The summed E-state index contributed by atoms with van der Waals surface area (Å²) in [5.41, 5.74) is 0. The Morgan fingerprint density at radius 2 is 1.32 bits per heavy atom. The van der Waals surface area contributed by atoms with Crippen LogP contribution in [0.25, 0.3) is 0 Å². The zero-order valence-corrected chi connectivity index (χ0v) is 14.2. The topological polar surface area (TPSA) is 27.7 Å². The average molecular weight is 289 g/mol. The van der Waals surface area contributed by atoms with Gasteiger partial charge in [-0.3, -0.25) is 0 Å². The Morgan fingerprint density at radius 3 is 1.79 bits per heavy atom. The van der Waals surface area contributed by atoms with Crippen LogP contribution in [0, 0.1) is 0 Å². The van der Waals surface area contributed by atoms with Crippen molar-refractivity contribution < 1.29 is 13.3 Å². The number of unbranched alkanes of at least 4 members (excludes halogenated alkanes) is 4. The first-order valence-electron chi connectivity index (χ1n) is 7.77. The lowest BCUT2D eigenvalue weighted by Gasteiger charge is -2.28. The summed E-state index contributed by atoms with van der Waals surface area (Å²) < 4.78 is 17.5. The summed E-state index contributed by atoms with van der Waals surface area (Å²) in [6, 6.07) is 0.951. The highest BCUT2D eigenvalue weighted by molar-refractivity contribution is 6.60. The maximum absolute atomic E-state index is 5.84. The van der Waals surface area contributed by atoms with E-state index < -0.39 is 8.80 Å². The van der Waals surface area contributed by atoms with Crippen LogP contribution in [0.5, 0.6) is 0 Å². The van der Waals surface area contributed by atoms with Crippen LogP contribution in [-0.4, -0.2) is 28.6 Å².